The van der Waals surface area contributed by atoms with Crippen LogP contribution in [0.15, 0.2) is 30.6 Å². The van der Waals surface area contributed by atoms with Crippen molar-refractivity contribution in [3.05, 3.63) is 64.6 Å². The quantitative estimate of drug-likeness (QED) is 0.743. The van der Waals surface area contributed by atoms with Crippen LogP contribution in [-0.2, 0) is 0 Å². The van der Waals surface area contributed by atoms with E-state index in [0.29, 0.717) is 11.5 Å². The summed E-state index contributed by atoms with van der Waals surface area (Å²) < 4.78 is 1.79. The number of carboxylic acids is 1. The molecule has 0 saturated heterocycles. The van der Waals surface area contributed by atoms with Gasteiger partial charge in [0.25, 0.3) is 0 Å². The Labute approximate surface area is 157 Å². The van der Waals surface area contributed by atoms with Crippen LogP contribution in [0.4, 0.5) is 0 Å². The minimum Gasteiger partial charge on any atom is -0.478 e. The van der Waals surface area contributed by atoms with Gasteiger partial charge in [-0.25, -0.2) is 24.4 Å². The number of aryl methyl sites for hydroxylation is 1. The van der Waals surface area contributed by atoms with Gasteiger partial charge in [0.1, 0.15) is 0 Å². The molecule has 3 heterocycles. The van der Waals surface area contributed by atoms with E-state index in [4.69, 9.17) is 0 Å². The van der Waals surface area contributed by atoms with E-state index in [2.05, 4.69) is 20.1 Å². The fraction of sp³-hybridized carbons (Fsp3) is 0.250. The van der Waals surface area contributed by atoms with Gasteiger partial charge >= 0.3 is 5.97 Å². The second kappa shape index (κ2) is 7.49. The fourth-order valence-electron chi connectivity index (χ4n) is 2.85. The van der Waals surface area contributed by atoms with Gasteiger partial charge in [-0.1, -0.05) is 19.9 Å². The molecule has 0 aliphatic rings. The van der Waals surface area contributed by atoms with E-state index in [1.165, 1.54) is 6.20 Å². The standard InChI is InChI=1S/C20H21N5O2/c1-12(2)19-16(20(26)27)11-22-17(23-19)9-8-15-13(3)24-25(14(15)4)18-7-5-6-10-21-18/h5-12H,1-4H3,(H,26,27). The lowest BCUT2D eigenvalue weighted by Crippen LogP contribution is -2.08. The van der Waals surface area contributed by atoms with E-state index in [1.54, 1.807) is 17.0 Å². The number of aromatic nitrogens is 5. The smallest absolute Gasteiger partial charge is 0.339 e. The van der Waals surface area contributed by atoms with Gasteiger partial charge in [0.05, 0.1) is 22.6 Å². The van der Waals surface area contributed by atoms with Gasteiger partial charge in [-0.15, -0.1) is 0 Å². The van der Waals surface area contributed by atoms with Crippen molar-refractivity contribution in [3.63, 3.8) is 0 Å². The number of carbonyl (C=O) groups is 1. The maximum atomic E-state index is 11.3. The highest BCUT2D eigenvalue weighted by atomic mass is 16.4. The Kier molecular flexibility index (Phi) is 5.12. The number of hydrogen-bond acceptors (Lipinski definition) is 5. The van der Waals surface area contributed by atoms with E-state index < -0.39 is 5.97 Å². The van der Waals surface area contributed by atoms with Crippen LogP contribution in [0.1, 0.15) is 58.6 Å². The van der Waals surface area contributed by atoms with Crippen molar-refractivity contribution in [3.8, 4) is 5.82 Å². The highest BCUT2D eigenvalue weighted by molar-refractivity contribution is 5.88. The molecule has 0 spiro atoms. The predicted molar refractivity (Wildman–Crippen MR) is 103 cm³/mol. The highest BCUT2D eigenvalue weighted by Crippen LogP contribution is 2.20. The molecule has 0 aliphatic carbocycles. The lowest BCUT2D eigenvalue weighted by atomic mass is 10.1. The Bertz CT molecular complexity index is 1010. The summed E-state index contributed by atoms with van der Waals surface area (Å²) in [5, 5.41) is 13.8. The molecule has 1 N–H and O–H groups in total. The van der Waals surface area contributed by atoms with E-state index in [9.17, 15) is 9.90 Å². The van der Waals surface area contributed by atoms with E-state index >= 15 is 0 Å². The molecule has 0 aliphatic heterocycles. The highest BCUT2D eigenvalue weighted by Gasteiger charge is 2.16. The molecule has 0 amide bonds. The first kappa shape index (κ1) is 18.4. The van der Waals surface area contributed by atoms with Crippen molar-refractivity contribution in [2.24, 2.45) is 0 Å². The summed E-state index contributed by atoms with van der Waals surface area (Å²) >= 11 is 0. The van der Waals surface area contributed by atoms with Crippen LogP contribution < -0.4 is 0 Å². The average Bonchev–Trinajstić information content (AvgIpc) is 2.94. The number of nitrogens with zero attached hydrogens (tertiary/aromatic N) is 5. The molecule has 3 rings (SSSR count). The van der Waals surface area contributed by atoms with Crippen LogP contribution in [0.25, 0.3) is 18.0 Å². The summed E-state index contributed by atoms with van der Waals surface area (Å²) in [5.74, 6) is 0.189. The Hall–Kier alpha value is -3.35. The van der Waals surface area contributed by atoms with Crippen molar-refractivity contribution < 1.29 is 9.90 Å². The Morgan fingerprint density at radius 3 is 2.59 bits per heavy atom. The van der Waals surface area contributed by atoms with Crippen LogP contribution in [0.2, 0.25) is 0 Å². The van der Waals surface area contributed by atoms with Crippen LogP contribution in [-0.4, -0.2) is 35.8 Å². The molecule has 0 unspecified atom stereocenters. The number of carboxylic acid groups (broad SMARTS) is 1. The minimum atomic E-state index is -1.02. The van der Waals surface area contributed by atoms with E-state index in [0.717, 1.165) is 22.8 Å². The molecule has 0 radical (unpaired) electrons. The first-order valence-corrected chi connectivity index (χ1v) is 8.64. The zero-order valence-electron chi connectivity index (χ0n) is 15.7. The Balaban J connectivity index is 1.96. The summed E-state index contributed by atoms with van der Waals surface area (Å²) in [7, 11) is 0. The molecule has 3 aromatic rings. The second-order valence-corrected chi connectivity index (χ2v) is 6.50. The molecule has 0 atom stereocenters. The molecular formula is C20H21N5O2. The van der Waals surface area contributed by atoms with Crippen LogP contribution in [0, 0.1) is 13.8 Å². The van der Waals surface area contributed by atoms with E-state index in [-0.39, 0.29) is 11.5 Å². The first-order chi connectivity index (χ1) is 12.9. The number of hydrogen-bond donors (Lipinski definition) is 1. The molecule has 0 fully saturated rings. The lowest BCUT2D eigenvalue weighted by molar-refractivity contribution is 0.0694. The maximum Gasteiger partial charge on any atom is 0.339 e. The summed E-state index contributed by atoms with van der Waals surface area (Å²) in [4.78, 5) is 24.2. The Morgan fingerprint density at radius 2 is 1.96 bits per heavy atom. The summed E-state index contributed by atoms with van der Waals surface area (Å²) in [5.41, 5.74) is 3.43. The third-order valence-electron chi connectivity index (χ3n) is 4.23. The third-order valence-corrected chi connectivity index (χ3v) is 4.23. The molecule has 138 valence electrons. The van der Waals surface area contributed by atoms with Crippen molar-refractivity contribution in [1.29, 1.82) is 0 Å². The lowest BCUT2D eigenvalue weighted by Gasteiger charge is -2.08. The second-order valence-electron chi connectivity index (χ2n) is 6.50. The molecular weight excluding hydrogens is 342 g/mol. The summed E-state index contributed by atoms with van der Waals surface area (Å²) in [6.07, 6.45) is 6.77. The topological polar surface area (TPSA) is 93.8 Å². The molecule has 0 bridgehead atoms. The van der Waals surface area contributed by atoms with E-state index in [1.807, 2.05) is 52.0 Å². The number of rotatable bonds is 5. The van der Waals surface area contributed by atoms with Crippen molar-refractivity contribution in [1.82, 2.24) is 24.7 Å². The SMILES string of the molecule is Cc1nn(-c2ccccn2)c(C)c1C=Cc1ncc(C(=O)O)c(C(C)C)n1. The molecule has 7 heteroatoms. The van der Waals surface area contributed by atoms with Crippen molar-refractivity contribution in [2.45, 2.75) is 33.6 Å². The number of pyridine rings is 1. The van der Waals surface area contributed by atoms with Crippen molar-refractivity contribution in [2.75, 3.05) is 0 Å². The molecule has 7 nitrogen and oxygen atoms in total. The zero-order chi connectivity index (χ0) is 19.6. The fourth-order valence-corrected chi connectivity index (χ4v) is 2.85. The molecule has 3 aromatic heterocycles. The largest absolute Gasteiger partial charge is 0.478 e. The van der Waals surface area contributed by atoms with Gasteiger partial charge in [0, 0.05) is 18.0 Å². The molecule has 27 heavy (non-hydrogen) atoms. The van der Waals surface area contributed by atoms with Gasteiger partial charge in [0.2, 0.25) is 0 Å². The number of aromatic carboxylic acids is 1. The minimum absolute atomic E-state index is 0.0124. The zero-order valence-corrected chi connectivity index (χ0v) is 15.7. The summed E-state index contributed by atoms with van der Waals surface area (Å²) in [6, 6.07) is 5.68. The van der Waals surface area contributed by atoms with Crippen LogP contribution in [0.5, 0.6) is 0 Å². The Morgan fingerprint density at radius 1 is 1.19 bits per heavy atom. The van der Waals surface area contributed by atoms with Gasteiger partial charge in [-0.05, 0) is 44.1 Å². The maximum absolute atomic E-state index is 11.3. The van der Waals surface area contributed by atoms with Gasteiger partial charge in [0.15, 0.2) is 11.6 Å². The third kappa shape index (κ3) is 3.76. The first-order valence-electron chi connectivity index (χ1n) is 8.64. The van der Waals surface area contributed by atoms with Crippen molar-refractivity contribution >= 4 is 18.1 Å². The summed E-state index contributed by atoms with van der Waals surface area (Å²) in [6.45, 7) is 7.73. The van der Waals surface area contributed by atoms with Gasteiger partial charge in [-0.2, -0.15) is 5.10 Å². The van der Waals surface area contributed by atoms with Gasteiger partial charge < -0.3 is 5.11 Å². The van der Waals surface area contributed by atoms with Crippen LogP contribution >= 0.6 is 0 Å². The van der Waals surface area contributed by atoms with Crippen LogP contribution in [0.3, 0.4) is 0 Å². The van der Waals surface area contributed by atoms with Gasteiger partial charge in [-0.3, -0.25) is 0 Å². The molecule has 0 saturated carbocycles. The average molecular weight is 363 g/mol. The molecule has 0 aromatic carbocycles. The predicted octanol–water partition coefficient (Wildman–Crippen LogP) is 3.67. The normalized spacial score (nSPS) is 11.4. The monoisotopic (exact) mass is 363 g/mol.